The lowest BCUT2D eigenvalue weighted by atomic mass is 10.0. The summed E-state index contributed by atoms with van der Waals surface area (Å²) in [5.41, 5.74) is 1.07. The summed E-state index contributed by atoms with van der Waals surface area (Å²) in [7, 11) is -2.90. The summed E-state index contributed by atoms with van der Waals surface area (Å²) in [5, 5.41) is 3.43. The van der Waals surface area contributed by atoms with E-state index in [2.05, 4.69) is 12.2 Å². The van der Waals surface area contributed by atoms with Crippen molar-refractivity contribution in [2.45, 2.75) is 38.6 Å². The van der Waals surface area contributed by atoms with Crippen molar-refractivity contribution < 1.29 is 12.8 Å². The van der Waals surface area contributed by atoms with Gasteiger partial charge in [0.15, 0.2) is 0 Å². The Morgan fingerprint density at radius 3 is 2.45 bits per heavy atom. The van der Waals surface area contributed by atoms with Crippen LogP contribution in [0.5, 0.6) is 0 Å². The first-order valence-corrected chi connectivity index (χ1v) is 9.12. The van der Waals surface area contributed by atoms with Crippen LogP contribution >= 0.6 is 0 Å². The third-order valence-electron chi connectivity index (χ3n) is 3.15. The van der Waals surface area contributed by atoms with E-state index in [1.807, 2.05) is 0 Å². The van der Waals surface area contributed by atoms with Crippen molar-refractivity contribution in [3.8, 4) is 0 Å². The van der Waals surface area contributed by atoms with E-state index in [1.165, 1.54) is 18.4 Å². The molecule has 5 heteroatoms. The molecule has 1 aromatic carbocycles. The van der Waals surface area contributed by atoms with Crippen molar-refractivity contribution in [1.82, 2.24) is 5.32 Å². The van der Waals surface area contributed by atoms with Gasteiger partial charge in [0.1, 0.15) is 15.7 Å². The fourth-order valence-corrected chi connectivity index (χ4v) is 2.81. The fourth-order valence-electron chi connectivity index (χ4n) is 2.12. The lowest BCUT2D eigenvalue weighted by Crippen LogP contribution is -2.32. The first kappa shape index (κ1) is 17.1. The highest BCUT2D eigenvalue weighted by Gasteiger charge is 2.11. The molecule has 1 atom stereocenters. The number of rotatable bonds is 9. The summed E-state index contributed by atoms with van der Waals surface area (Å²) in [6.07, 6.45) is 4.56. The van der Waals surface area contributed by atoms with E-state index in [0.717, 1.165) is 31.4 Å². The maximum absolute atomic E-state index is 12.9. The predicted molar refractivity (Wildman–Crippen MR) is 81.1 cm³/mol. The summed E-state index contributed by atoms with van der Waals surface area (Å²) in [6.45, 7) is 3.00. The molecule has 0 aliphatic heterocycles. The number of hydrogen-bond acceptors (Lipinski definition) is 3. The Balaban J connectivity index is 2.52. The molecule has 0 fully saturated rings. The van der Waals surface area contributed by atoms with Gasteiger partial charge in [0.2, 0.25) is 0 Å². The normalized spacial score (nSPS) is 13.3. The van der Waals surface area contributed by atoms with Crippen LogP contribution in [0.4, 0.5) is 4.39 Å². The first-order chi connectivity index (χ1) is 9.40. The maximum atomic E-state index is 12.9. The molecule has 0 aliphatic carbocycles. The van der Waals surface area contributed by atoms with Gasteiger partial charge in [0, 0.05) is 18.1 Å². The number of benzene rings is 1. The second-order valence-corrected chi connectivity index (χ2v) is 7.51. The molecule has 0 saturated carbocycles. The Bertz CT molecular complexity index is 485. The molecule has 3 nitrogen and oxygen atoms in total. The van der Waals surface area contributed by atoms with Crippen LogP contribution in [0.25, 0.3) is 0 Å². The SMILES string of the molecule is CCCNC(CCCS(C)(=O)=O)Cc1ccc(F)cc1. The molecule has 0 spiro atoms. The third-order valence-corrected chi connectivity index (χ3v) is 4.18. The Hall–Kier alpha value is -0.940. The maximum Gasteiger partial charge on any atom is 0.147 e. The monoisotopic (exact) mass is 301 g/mol. The van der Waals surface area contributed by atoms with Crippen LogP contribution in [0, 0.1) is 5.82 Å². The van der Waals surface area contributed by atoms with Crippen LogP contribution in [-0.4, -0.2) is 33.0 Å². The number of sulfone groups is 1. The van der Waals surface area contributed by atoms with Crippen molar-refractivity contribution >= 4 is 9.84 Å². The summed E-state index contributed by atoms with van der Waals surface area (Å²) in [4.78, 5) is 0. The van der Waals surface area contributed by atoms with E-state index in [1.54, 1.807) is 12.1 Å². The minimum absolute atomic E-state index is 0.223. The van der Waals surface area contributed by atoms with E-state index in [4.69, 9.17) is 0 Å². The van der Waals surface area contributed by atoms with Crippen LogP contribution in [0.15, 0.2) is 24.3 Å². The lowest BCUT2D eigenvalue weighted by Gasteiger charge is -2.18. The Kier molecular flexibility index (Phi) is 7.16. The molecule has 114 valence electrons. The summed E-state index contributed by atoms with van der Waals surface area (Å²) in [5.74, 6) is -0.00957. The average Bonchev–Trinajstić information content (AvgIpc) is 2.37. The number of halogens is 1. The van der Waals surface area contributed by atoms with Crippen LogP contribution in [0.3, 0.4) is 0 Å². The smallest absolute Gasteiger partial charge is 0.147 e. The van der Waals surface area contributed by atoms with Crippen LogP contribution in [0.1, 0.15) is 31.7 Å². The summed E-state index contributed by atoms with van der Waals surface area (Å²) < 4.78 is 35.2. The van der Waals surface area contributed by atoms with Crippen molar-refractivity contribution in [1.29, 1.82) is 0 Å². The van der Waals surface area contributed by atoms with Gasteiger partial charge in [0.25, 0.3) is 0 Å². The van der Waals surface area contributed by atoms with Gasteiger partial charge >= 0.3 is 0 Å². The molecule has 0 aliphatic rings. The van der Waals surface area contributed by atoms with Gasteiger partial charge in [-0.25, -0.2) is 12.8 Å². The third kappa shape index (κ3) is 7.60. The molecular weight excluding hydrogens is 277 g/mol. The largest absolute Gasteiger partial charge is 0.314 e. The highest BCUT2D eigenvalue weighted by atomic mass is 32.2. The topological polar surface area (TPSA) is 46.2 Å². The van der Waals surface area contributed by atoms with Crippen molar-refractivity contribution in [3.05, 3.63) is 35.6 Å². The lowest BCUT2D eigenvalue weighted by molar-refractivity contribution is 0.471. The quantitative estimate of drug-likeness (QED) is 0.762. The zero-order valence-corrected chi connectivity index (χ0v) is 13.0. The van der Waals surface area contributed by atoms with Gasteiger partial charge in [-0.3, -0.25) is 0 Å². The highest BCUT2D eigenvalue weighted by Crippen LogP contribution is 2.10. The standard InChI is InChI=1S/C15H24FNO2S/c1-3-10-17-15(5-4-11-20(2,18)19)12-13-6-8-14(16)9-7-13/h6-9,15,17H,3-5,10-12H2,1-2H3. The molecule has 0 amide bonds. The first-order valence-electron chi connectivity index (χ1n) is 7.06. The second kappa shape index (κ2) is 8.37. The zero-order chi connectivity index (χ0) is 15.0. The Morgan fingerprint density at radius 1 is 1.25 bits per heavy atom. The minimum Gasteiger partial charge on any atom is -0.314 e. The van der Waals surface area contributed by atoms with E-state index >= 15 is 0 Å². The summed E-state index contributed by atoms with van der Waals surface area (Å²) in [6, 6.07) is 6.73. The van der Waals surface area contributed by atoms with Crippen molar-refractivity contribution in [3.63, 3.8) is 0 Å². The molecule has 0 bridgehead atoms. The van der Waals surface area contributed by atoms with Crippen LogP contribution in [0.2, 0.25) is 0 Å². The van der Waals surface area contributed by atoms with E-state index in [-0.39, 0.29) is 17.6 Å². The van der Waals surface area contributed by atoms with Crippen molar-refractivity contribution in [2.24, 2.45) is 0 Å². The minimum atomic E-state index is -2.90. The second-order valence-electron chi connectivity index (χ2n) is 5.25. The molecule has 0 heterocycles. The molecule has 0 aromatic heterocycles. The molecule has 0 radical (unpaired) electrons. The average molecular weight is 301 g/mol. The molecule has 1 aromatic rings. The Labute approximate surface area is 121 Å². The van der Waals surface area contributed by atoms with Gasteiger partial charge in [-0.15, -0.1) is 0 Å². The molecular formula is C15H24FNO2S. The number of nitrogens with one attached hydrogen (secondary N) is 1. The highest BCUT2D eigenvalue weighted by molar-refractivity contribution is 7.90. The van der Waals surface area contributed by atoms with Gasteiger partial charge in [-0.05, 0) is 49.9 Å². The van der Waals surface area contributed by atoms with Crippen LogP contribution < -0.4 is 5.32 Å². The zero-order valence-electron chi connectivity index (χ0n) is 12.2. The van der Waals surface area contributed by atoms with E-state index < -0.39 is 9.84 Å². The number of hydrogen-bond donors (Lipinski definition) is 1. The molecule has 1 rings (SSSR count). The molecule has 1 unspecified atom stereocenters. The van der Waals surface area contributed by atoms with Gasteiger partial charge in [-0.2, -0.15) is 0 Å². The summed E-state index contributed by atoms with van der Waals surface area (Å²) >= 11 is 0. The van der Waals surface area contributed by atoms with Crippen LogP contribution in [-0.2, 0) is 16.3 Å². The molecule has 0 saturated heterocycles. The van der Waals surface area contributed by atoms with E-state index in [0.29, 0.717) is 6.42 Å². The van der Waals surface area contributed by atoms with Gasteiger partial charge < -0.3 is 5.32 Å². The van der Waals surface area contributed by atoms with Crippen molar-refractivity contribution in [2.75, 3.05) is 18.6 Å². The predicted octanol–water partition coefficient (Wildman–Crippen LogP) is 2.56. The Morgan fingerprint density at radius 2 is 1.90 bits per heavy atom. The molecule has 20 heavy (non-hydrogen) atoms. The fraction of sp³-hybridized carbons (Fsp3) is 0.600. The van der Waals surface area contributed by atoms with Gasteiger partial charge in [-0.1, -0.05) is 19.1 Å². The van der Waals surface area contributed by atoms with E-state index in [9.17, 15) is 12.8 Å². The molecule has 1 N–H and O–H groups in total. The van der Waals surface area contributed by atoms with Gasteiger partial charge in [0.05, 0.1) is 0 Å².